The molecule has 1 atom stereocenters. The maximum absolute atomic E-state index is 12.7. The van der Waals surface area contributed by atoms with Gasteiger partial charge >= 0.3 is 5.97 Å². The second-order valence-corrected chi connectivity index (χ2v) is 2.92. The summed E-state index contributed by atoms with van der Waals surface area (Å²) in [5.74, 6) is -1.37. The largest absolute Gasteiger partial charge is 0.466 e. The molecule has 3 nitrogen and oxygen atoms in total. The van der Waals surface area contributed by atoms with Gasteiger partial charge in [0.1, 0.15) is 0 Å². The third kappa shape index (κ3) is 1.97. The lowest BCUT2D eigenvalue weighted by Crippen LogP contribution is -2.43. The minimum atomic E-state index is -3.24. The van der Waals surface area contributed by atoms with Gasteiger partial charge in [0, 0.05) is 5.56 Å². The normalized spacial score (nSPS) is 14.7. The Labute approximate surface area is 85.3 Å². The van der Waals surface area contributed by atoms with Gasteiger partial charge < -0.3 is 9.84 Å². The summed E-state index contributed by atoms with van der Waals surface area (Å²) in [6.45, 7) is 0. The molecule has 15 heavy (non-hydrogen) atoms. The zero-order valence-corrected chi connectivity index (χ0v) is 7.98. The van der Waals surface area contributed by atoms with Crippen LogP contribution < -0.4 is 0 Å². The highest BCUT2D eigenvalue weighted by Gasteiger charge is 2.48. The number of carbonyl (C=O) groups is 1. The summed E-state index contributed by atoms with van der Waals surface area (Å²) in [5, 5.41) is 9.60. The number of hydrogen-bond acceptors (Lipinski definition) is 3. The number of ether oxygens (including phenoxy) is 1. The van der Waals surface area contributed by atoms with Gasteiger partial charge in [-0.05, 0) is 0 Å². The summed E-state index contributed by atoms with van der Waals surface area (Å²) in [4.78, 5) is 11.1. The molecule has 0 bridgehead atoms. The third-order valence-electron chi connectivity index (χ3n) is 2.03. The van der Waals surface area contributed by atoms with Gasteiger partial charge in [-0.25, -0.2) is 13.6 Å². The Balaban J connectivity index is 3.19. The topological polar surface area (TPSA) is 46.5 Å². The Morgan fingerprint density at radius 3 is 2.33 bits per heavy atom. The van der Waals surface area contributed by atoms with Gasteiger partial charge in [-0.15, -0.1) is 0 Å². The number of esters is 1. The second kappa shape index (κ2) is 4.35. The van der Waals surface area contributed by atoms with Crippen LogP contribution in [0.3, 0.4) is 0 Å². The SMILES string of the molecule is COC(=O)C(O)(c1ccccc1)C(F)F. The summed E-state index contributed by atoms with van der Waals surface area (Å²) in [7, 11) is 0.943. The van der Waals surface area contributed by atoms with E-state index in [0.717, 1.165) is 7.11 Å². The van der Waals surface area contributed by atoms with Crippen molar-refractivity contribution in [3.05, 3.63) is 35.9 Å². The first-order chi connectivity index (χ1) is 7.03. The van der Waals surface area contributed by atoms with E-state index in [4.69, 9.17) is 0 Å². The highest BCUT2D eigenvalue weighted by molar-refractivity contribution is 5.81. The second-order valence-electron chi connectivity index (χ2n) is 2.92. The lowest BCUT2D eigenvalue weighted by Gasteiger charge is -2.24. The molecular weight excluding hydrogens is 206 g/mol. The molecule has 0 aliphatic heterocycles. The molecule has 0 spiro atoms. The van der Waals surface area contributed by atoms with Crippen molar-refractivity contribution < 1.29 is 23.4 Å². The number of aliphatic hydroxyl groups is 1. The van der Waals surface area contributed by atoms with E-state index in [-0.39, 0.29) is 5.56 Å². The quantitative estimate of drug-likeness (QED) is 0.775. The molecule has 1 aromatic carbocycles. The van der Waals surface area contributed by atoms with Gasteiger partial charge in [-0.1, -0.05) is 30.3 Å². The molecule has 0 fully saturated rings. The van der Waals surface area contributed by atoms with Crippen molar-refractivity contribution in [2.24, 2.45) is 0 Å². The molecule has 82 valence electrons. The van der Waals surface area contributed by atoms with Crippen molar-refractivity contribution in [3.63, 3.8) is 0 Å². The summed E-state index contributed by atoms with van der Waals surface area (Å²) in [6.07, 6.45) is -3.24. The number of halogens is 2. The van der Waals surface area contributed by atoms with E-state index in [0.29, 0.717) is 0 Å². The molecule has 0 aliphatic rings. The Hall–Kier alpha value is -1.49. The van der Waals surface area contributed by atoms with Crippen LogP contribution in [0.15, 0.2) is 30.3 Å². The molecule has 0 amide bonds. The Morgan fingerprint density at radius 2 is 1.93 bits per heavy atom. The van der Waals surface area contributed by atoms with Crippen LogP contribution in [0, 0.1) is 0 Å². The predicted octanol–water partition coefficient (Wildman–Crippen LogP) is 1.31. The number of methoxy groups -OCH3 is 1. The number of rotatable bonds is 3. The smallest absolute Gasteiger partial charge is 0.348 e. The van der Waals surface area contributed by atoms with Crippen LogP contribution in [0.4, 0.5) is 8.78 Å². The van der Waals surface area contributed by atoms with Gasteiger partial charge in [-0.2, -0.15) is 0 Å². The van der Waals surface area contributed by atoms with Crippen molar-refractivity contribution >= 4 is 5.97 Å². The van der Waals surface area contributed by atoms with Crippen molar-refractivity contribution in [2.45, 2.75) is 12.0 Å². The van der Waals surface area contributed by atoms with Crippen molar-refractivity contribution in [2.75, 3.05) is 7.11 Å². The molecular formula is C10H10F2O3. The average Bonchev–Trinajstić information content (AvgIpc) is 2.27. The molecule has 0 saturated heterocycles. The molecule has 1 rings (SSSR count). The minimum absolute atomic E-state index is 0.188. The van der Waals surface area contributed by atoms with E-state index in [1.54, 1.807) is 6.07 Å². The summed E-state index contributed by atoms with van der Waals surface area (Å²) in [6, 6.07) is 6.97. The van der Waals surface area contributed by atoms with Gasteiger partial charge in [-0.3, -0.25) is 0 Å². The van der Waals surface area contributed by atoms with Gasteiger partial charge in [0.15, 0.2) is 0 Å². The van der Waals surface area contributed by atoms with E-state index in [1.807, 2.05) is 0 Å². The molecule has 0 heterocycles. The van der Waals surface area contributed by atoms with Gasteiger partial charge in [0.2, 0.25) is 5.60 Å². The first-order valence-corrected chi connectivity index (χ1v) is 4.18. The first kappa shape index (κ1) is 11.6. The van der Waals surface area contributed by atoms with Crippen LogP contribution in [-0.2, 0) is 15.1 Å². The Kier molecular flexibility index (Phi) is 3.36. The highest BCUT2D eigenvalue weighted by Crippen LogP contribution is 2.29. The molecule has 1 N–H and O–H groups in total. The fourth-order valence-corrected chi connectivity index (χ4v) is 1.18. The number of alkyl halides is 2. The summed E-state index contributed by atoms with van der Waals surface area (Å²) in [5.41, 5.74) is -3.08. The molecule has 1 unspecified atom stereocenters. The average molecular weight is 216 g/mol. The zero-order chi connectivity index (χ0) is 11.5. The van der Waals surface area contributed by atoms with E-state index >= 15 is 0 Å². The molecule has 0 radical (unpaired) electrons. The number of carbonyl (C=O) groups excluding carboxylic acids is 1. The Bertz CT molecular complexity index is 340. The van der Waals surface area contributed by atoms with Crippen LogP contribution in [0.2, 0.25) is 0 Å². The highest BCUT2D eigenvalue weighted by atomic mass is 19.3. The van der Waals surface area contributed by atoms with Crippen molar-refractivity contribution in [3.8, 4) is 0 Å². The number of benzene rings is 1. The van der Waals surface area contributed by atoms with E-state index in [2.05, 4.69) is 4.74 Å². The third-order valence-corrected chi connectivity index (χ3v) is 2.03. The van der Waals surface area contributed by atoms with Crippen LogP contribution in [0.1, 0.15) is 5.56 Å². The first-order valence-electron chi connectivity index (χ1n) is 4.18. The summed E-state index contributed by atoms with van der Waals surface area (Å²) >= 11 is 0. The van der Waals surface area contributed by atoms with Crippen LogP contribution in [0.25, 0.3) is 0 Å². The fraction of sp³-hybridized carbons (Fsp3) is 0.300. The van der Waals surface area contributed by atoms with Gasteiger partial charge in [0.25, 0.3) is 6.43 Å². The molecule has 5 heteroatoms. The van der Waals surface area contributed by atoms with E-state index in [1.165, 1.54) is 24.3 Å². The van der Waals surface area contributed by atoms with E-state index < -0.39 is 18.0 Å². The van der Waals surface area contributed by atoms with Crippen LogP contribution >= 0.6 is 0 Å². The predicted molar refractivity (Wildman–Crippen MR) is 48.4 cm³/mol. The van der Waals surface area contributed by atoms with Crippen molar-refractivity contribution in [1.82, 2.24) is 0 Å². The molecule has 0 aliphatic carbocycles. The standard InChI is InChI=1S/C10H10F2O3/c1-15-9(13)10(14,8(11)12)7-5-3-2-4-6-7/h2-6,8,14H,1H3. The Morgan fingerprint density at radius 1 is 1.40 bits per heavy atom. The molecule has 0 aromatic heterocycles. The van der Waals surface area contributed by atoms with Crippen LogP contribution in [-0.4, -0.2) is 24.6 Å². The monoisotopic (exact) mass is 216 g/mol. The lowest BCUT2D eigenvalue weighted by atomic mass is 9.94. The molecule has 1 aromatic rings. The minimum Gasteiger partial charge on any atom is -0.466 e. The van der Waals surface area contributed by atoms with E-state index in [9.17, 15) is 18.7 Å². The lowest BCUT2D eigenvalue weighted by molar-refractivity contribution is -0.182. The zero-order valence-electron chi connectivity index (χ0n) is 7.98. The maximum atomic E-state index is 12.7. The van der Waals surface area contributed by atoms with Gasteiger partial charge in [0.05, 0.1) is 7.11 Å². The van der Waals surface area contributed by atoms with Crippen molar-refractivity contribution in [1.29, 1.82) is 0 Å². The summed E-state index contributed by atoms with van der Waals surface area (Å²) < 4.78 is 29.5. The van der Waals surface area contributed by atoms with Crippen LogP contribution in [0.5, 0.6) is 0 Å². The molecule has 0 saturated carbocycles. The maximum Gasteiger partial charge on any atom is 0.348 e. The number of hydrogen-bond donors (Lipinski definition) is 1. The fourth-order valence-electron chi connectivity index (χ4n) is 1.18.